The van der Waals surface area contributed by atoms with E-state index >= 15 is 0 Å². The standard InChI is InChI=1S/C17H29NO11/c1-3-17(2,6-18)29-16-14(25)12(23)10(21)8(28-16)5-26-15-13(24)11(22)9(20)7(4-19)27-15/h7-16,19-25H,3-5H2,1-2H3/t7-,8-,9-,10-,11+,12+,13-,14-,15-,16+,17-/m1/s1. The van der Waals surface area contributed by atoms with E-state index in [0.29, 0.717) is 0 Å². The lowest BCUT2D eigenvalue weighted by molar-refractivity contribution is -0.339. The molecule has 2 rings (SSSR count). The van der Waals surface area contributed by atoms with Crippen LogP contribution in [-0.2, 0) is 18.9 Å². The zero-order valence-electron chi connectivity index (χ0n) is 16.1. The zero-order chi connectivity index (χ0) is 21.9. The molecule has 0 aromatic rings. The summed E-state index contributed by atoms with van der Waals surface area (Å²) in [5, 5.41) is 78.3. The first-order valence-corrected chi connectivity index (χ1v) is 9.29. The van der Waals surface area contributed by atoms with Crippen molar-refractivity contribution in [2.75, 3.05) is 13.2 Å². The van der Waals surface area contributed by atoms with Gasteiger partial charge in [-0.25, -0.2) is 0 Å². The highest BCUT2D eigenvalue weighted by Gasteiger charge is 2.48. The lowest BCUT2D eigenvalue weighted by Crippen LogP contribution is -2.62. The third-order valence-electron chi connectivity index (χ3n) is 5.23. The fraction of sp³-hybridized carbons (Fsp3) is 0.941. The predicted octanol–water partition coefficient (Wildman–Crippen LogP) is -3.68. The highest BCUT2D eigenvalue weighted by atomic mass is 16.7. The smallest absolute Gasteiger partial charge is 0.188 e. The average Bonchev–Trinajstić information content (AvgIpc) is 2.72. The van der Waals surface area contributed by atoms with Gasteiger partial charge in [0.15, 0.2) is 18.2 Å². The summed E-state index contributed by atoms with van der Waals surface area (Å²) in [6.45, 7) is 2.05. The predicted molar refractivity (Wildman–Crippen MR) is 91.8 cm³/mol. The van der Waals surface area contributed by atoms with Crippen molar-refractivity contribution in [1.29, 1.82) is 5.26 Å². The first-order valence-electron chi connectivity index (χ1n) is 9.29. The molecule has 29 heavy (non-hydrogen) atoms. The van der Waals surface area contributed by atoms with Gasteiger partial charge in [-0.15, -0.1) is 0 Å². The van der Waals surface area contributed by atoms with Crippen LogP contribution in [0.2, 0.25) is 0 Å². The molecule has 0 amide bonds. The number of aliphatic hydroxyl groups excluding tert-OH is 7. The Hall–Kier alpha value is -0.950. The summed E-state index contributed by atoms with van der Waals surface area (Å²) in [5.74, 6) is 0. The Balaban J connectivity index is 2.04. The topological polar surface area (TPSA) is 202 Å². The van der Waals surface area contributed by atoms with Crippen LogP contribution >= 0.6 is 0 Å². The Kier molecular flexibility index (Phi) is 8.31. The van der Waals surface area contributed by atoms with E-state index in [-0.39, 0.29) is 6.42 Å². The van der Waals surface area contributed by atoms with Crippen molar-refractivity contribution in [2.24, 2.45) is 0 Å². The maximum Gasteiger partial charge on any atom is 0.188 e. The molecule has 0 aromatic heterocycles. The third-order valence-corrected chi connectivity index (χ3v) is 5.23. The maximum absolute atomic E-state index is 10.2. The van der Waals surface area contributed by atoms with Crippen LogP contribution in [0.3, 0.4) is 0 Å². The molecule has 0 unspecified atom stereocenters. The Morgan fingerprint density at radius 2 is 1.38 bits per heavy atom. The van der Waals surface area contributed by atoms with Crippen LogP contribution in [0.25, 0.3) is 0 Å². The Morgan fingerprint density at radius 3 is 1.90 bits per heavy atom. The molecule has 0 spiro atoms. The van der Waals surface area contributed by atoms with Crippen LogP contribution in [0.5, 0.6) is 0 Å². The van der Waals surface area contributed by atoms with Gasteiger partial charge in [-0.05, 0) is 13.3 Å². The van der Waals surface area contributed by atoms with Crippen molar-refractivity contribution < 1.29 is 54.7 Å². The van der Waals surface area contributed by atoms with E-state index in [0.717, 1.165) is 0 Å². The Morgan fingerprint density at radius 1 is 0.862 bits per heavy atom. The number of nitrogens with zero attached hydrogens (tertiary/aromatic N) is 1. The van der Waals surface area contributed by atoms with Gasteiger partial charge in [0.2, 0.25) is 0 Å². The molecular formula is C17H29NO11. The van der Waals surface area contributed by atoms with E-state index in [1.165, 1.54) is 6.92 Å². The van der Waals surface area contributed by atoms with E-state index in [1.807, 2.05) is 6.07 Å². The van der Waals surface area contributed by atoms with Gasteiger partial charge in [-0.3, -0.25) is 0 Å². The molecule has 2 aliphatic rings. The van der Waals surface area contributed by atoms with E-state index in [1.54, 1.807) is 6.92 Å². The molecule has 2 heterocycles. The summed E-state index contributed by atoms with van der Waals surface area (Å²) < 4.78 is 21.4. The fourth-order valence-electron chi connectivity index (χ4n) is 2.99. The maximum atomic E-state index is 10.2. The summed E-state index contributed by atoms with van der Waals surface area (Å²) in [5.41, 5.74) is -1.31. The number of nitriles is 1. The summed E-state index contributed by atoms with van der Waals surface area (Å²) in [7, 11) is 0. The van der Waals surface area contributed by atoms with Crippen molar-refractivity contribution in [1.82, 2.24) is 0 Å². The second-order valence-corrected chi connectivity index (χ2v) is 7.36. The van der Waals surface area contributed by atoms with Crippen molar-refractivity contribution in [3.05, 3.63) is 0 Å². The van der Waals surface area contributed by atoms with Crippen LogP contribution in [0.1, 0.15) is 20.3 Å². The molecule has 168 valence electrons. The number of rotatable bonds is 7. The van der Waals surface area contributed by atoms with E-state index < -0.39 is 80.2 Å². The second-order valence-electron chi connectivity index (χ2n) is 7.36. The molecular weight excluding hydrogens is 394 g/mol. The molecule has 0 radical (unpaired) electrons. The molecule has 0 aliphatic carbocycles. The summed E-state index contributed by atoms with van der Waals surface area (Å²) >= 11 is 0. The van der Waals surface area contributed by atoms with Crippen molar-refractivity contribution in [3.63, 3.8) is 0 Å². The molecule has 12 nitrogen and oxygen atoms in total. The average molecular weight is 423 g/mol. The minimum Gasteiger partial charge on any atom is -0.394 e. The van der Waals surface area contributed by atoms with E-state index in [9.17, 15) is 41.0 Å². The normalized spacial score (nSPS) is 45.4. The SMILES string of the molecule is CC[C@](C)(C#N)O[C@@H]1O[C@H](CO[C@@H]2O[C@H](CO)[C@@H](O)[C@H](O)[C@H]2O)[C@@H](O)[C@H](O)[C@H]1O. The summed E-state index contributed by atoms with van der Waals surface area (Å²) in [4.78, 5) is 0. The van der Waals surface area contributed by atoms with Crippen molar-refractivity contribution >= 4 is 0 Å². The van der Waals surface area contributed by atoms with Crippen LogP contribution < -0.4 is 0 Å². The largest absolute Gasteiger partial charge is 0.394 e. The number of hydrogen-bond acceptors (Lipinski definition) is 12. The quantitative estimate of drug-likeness (QED) is 0.212. The number of aliphatic hydroxyl groups is 7. The molecule has 2 saturated heterocycles. The van der Waals surface area contributed by atoms with Gasteiger partial charge in [-0.2, -0.15) is 5.26 Å². The highest BCUT2D eigenvalue weighted by Crippen LogP contribution is 2.28. The third kappa shape index (κ3) is 5.22. The summed E-state index contributed by atoms with van der Waals surface area (Å²) in [6.07, 6.45) is -14.8. The Bertz CT molecular complexity index is 572. The first-order chi connectivity index (χ1) is 13.6. The number of ether oxygens (including phenoxy) is 4. The molecule has 0 bridgehead atoms. The van der Waals surface area contributed by atoms with Crippen LogP contribution in [0.4, 0.5) is 0 Å². The molecule has 2 aliphatic heterocycles. The van der Waals surface area contributed by atoms with E-state index in [2.05, 4.69) is 0 Å². The molecule has 7 N–H and O–H groups in total. The summed E-state index contributed by atoms with van der Waals surface area (Å²) in [6, 6.07) is 1.93. The lowest BCUT2D eigenvalue weighted by atomic mass is 9.98. The number of hydrogen-bond donors (Lipinski definition) is 7. The monoisotopic (exact) mass is 423 g/mol. The molecule has 0 aromatic carbocycles. The van der Waals surface area contributed by atoms with Gasteiger partial charge in [0, 0.05) is 0 Å². The van der Waals surface area contributed by atoms with Gasteiger partial charge in [-0.1, -0.05) is 6.92 Å². The molecule has 0 saturated carbocycles. The van der Waals surface area contributed by atoms with Gasteiger partial charge < -0.3 is 54.7 Å². The first kappa shape index (κ1) is 24.3. The van der Waals surface area contributed by atoms with E-state index in [4.69, 9.17) is 18.9 Å². The minimum absolute atomic E-state index is 0.265. The van der Waals surface area contributed by atoms with Gasteiger partial charge in [0.25, 0.3) is 0 Å². The lowest BCUT2D eigenvalue weighted by Gasteiger charge is -2.43. The molecule has 11 atom stereocenters. The molecule has 2 fully saturated rings. The fourth-order valence-corrected chi connectivity index (χ4v) is 2.99. The van der Waals surface area contributed by atoms with Crippen molar-refractivity contribution in [2.45, 2.75) is 87.3 Å². The molecule has 12 heteroatoms. The van der Waals surface area contributed by atoms with Gasteiger partial charge in [0.05, 0.1) is 19.3 Å². The van der Waals surface area contributed by atoms with Crippen LogP contribution in [0.15, 0.2) is 0 Å². The minimum atomic E-state index is -1.67. The van der Waals surface area contributed by atoms with Gasteiger partial charge >= 0.3 is 0 Å². The van der Waals surface area contributed by atoms with Crippen LogP contribution in [-0.4, -0.2) is 116 Å². The zero-order valence-corrected chi connectivity index (χ0v) is 16.1. The second kappa shape index (κ2) is 9.90. The van der Waals surface area contributed by atoms with Crippen molar-refractivity contribution in [3.8, 4) is 6.07 Å². The highest BCUT2D eigenvalue weighted by molar-refractivity contribution is 4.99. The Labute approximate surface area is 167 Å². The van der Waals surface area contributed by atoms with Gasteiger partial charge in [0.1, 0.15) is 48.8 Å². The van der Waals surface area contributed by atoms with Crippen LogP contribution in [0, 0.1) is 11.3 Å².